The number of carbonyl (C=O) groups is 1. The molecular weight excluding hydrogens is 318 g/mol. The molecule has 2 rings (SSSR count). The van der Waals surface area contributed by atoms with Crippen molar-refractivity contribution < 1.29 is 18.5 Å². The van der Waals surface area contributed by atoms with Gasteiger partial charge in [0.25, 0.3) is 5.91 Å². The van der Waals surface area contributed by atoms with Crippen molar-refractivity contribution in [1.82, 2.24) is 0 Å². The molecule has 0 aliphatic heterocycles. The Labute approximate surface area is 138 Å². The Hall–Kier alpha value is -1.92. The molecule has 0 saturated heterocycles. The molecule has 0 aliphatic rings. The summed E-state index contributed by atoms with van der Waals surface area (Å²) in [4.78, 5) is 14.1. The lowest BCUT2D eigenvalue weighted by Crippen LogP contribution is -3.08. The minimum absolute atomic E-state index is 0.123. The van der Waals surface area contributed by atoms with Crippen molar-refractivity contribution in [2.75, 3.05) is 25.2 Å². The molecule has 0 spiro atoms. The summed E-state index contributed by atoms with van der Waals surface area (Å²) >= 11 is 1.67. The Morgan fingerprint density at radius 1 is 1.13 bits per heavy atom. The van der Waals surface area contributed by atoms with Gasteiger partial charge in [-0.05, 0) is 30.5 Å². The molecule has 23 heavy (non-hydrogen) atoms. The highest BCUT2D eigenvalue weighted by atomic mass is 32.2. The van der Waals surface area contributed by atoms with Crippen LogP contribution in [0.1, 0.15) is 5.56 Å². The molecule has 0 heterocycles. The number of anilines is 1. The summed E-state index contributed by atoms with van der Waals surface area (Å²) in [5.74, 6) is -1.97. The van der Waals surface area contributed by atoms with Crippen LogP contribution >= 0.6 is 11.8 Å². The fourth-order valence-electron chi connectivity index (χ4n) is 2.23. The second kappa shape index (κ2) is 8.08. The smallest absolute Gasteiger partial charge is 0.279 e. The lowest BCUT2D eigenvalue weighted by molar-refractivity contribution is -0.885. The molecular formula is C17H19F2N2OS+. The second-order valence-electron chi connectivity index (χ2n) is 5.30. The maximum absolute atomic E-state index is 13.5. The van der Waals surface area contributed by atoms with E-state index in [1.165, 1.54) is 11.0 Å². The number of para-hydroxylation sites is 1. The van der Waals surface area contributed by atoms with Crippen LogP contribution in [0.15, 0.2) is 47.4 Å². The molecule has 2 aromatic carbocycles. The first kappa shape index (κ1) is 17.4. The van der Waals surface area contributed by atoms with Crippen LogP contribution in [0.25, 0.3) is 0 Å². The van der Waals surface area contributed by atoms with Crippen LogP contribution in [0, 0.1) is 11.6 Å². The number of thioether (sulfide) groups is 1. The third kappa shape index (κ3) is 5.04. The quantitative estimate of drug-likeness (QED) is 0.794. The first-order chi connectivity index (χ1) is 11.0. The standard InChI is InChI=1S/C17H18F2N2OS/c1-21(10-12-6-8-13(23-2)9-7-12)11-16(22)20-17-14(18)4-3-5-15(17)19/h3-9H,10-11H2,1-2H3,(H,20,22)/p+1. The first-order valence-corrected chi connectivity index (χ1v) is 8.40. The number of halogens is 2. The summed E-state index contributed by atoms with van der Waals surface area (Å²) in [5, 5.41) is 2.30. The summed E-state index contributed by atoms with van der Waals surface area (Å²) in [6.45, 7) is 0.778. The van der Waals surface area contributed by atoms with Gasteiger partial charge in [0.2, 0.25) is 0 Å². The second-order valence-corrected chi connectivity index (χ2v) is 6.18. The van der Waals surface area contributed by atoms with Gasteiger partial charge in [0.1, 0.15) is 23.9 Å². The van der Waals surface area contributed by atoms with Gasteiger partial charge in [-0.15, -0.1) is 11.8 Å². The molecule has 0 saturated carbocycles. The molecule has 0 aromatic heterocycles. The molecule has 1 unspecified atom stereocenters. The zero-order chi connectivity index (χ0) is 16.8. The Morgan fingerprint density at radius 2 is 1.74 bits per heavy atom. The molecule has 122 valence electrons. The minimum Gasteiger partial charge on any atom is -0.326 e. The largest absolute Gasteiger partial charge is 0.326 e. The minimum atomic E-state index is -0.774. The highest BCUT2D eigenvalue weighted by Crippen LogP contribution is 2.17. The number of likely N-dealkylation sites (N-methyl/N-ethyl adjacent to an activating group) is 1. The Kier molecular flexibility index (Phi) is 6.12. The van der Waals surface area contributed by atoms with Crippen molar-refractivity contribution in [3.05, 3.63) is 59.7 Å². The number of benzene rings is 2. The molecule has 0 aliphatic carbocycles. The topological polar surface area (TPSA) is 33.5 Å². The molecule has 2 aromatic rings. The van der Waals surface area contributed by atoms with Crippen molar-refractivity contribution in [3.8, 4) is 0 Å². The van der Waals surface area contributed by atoms with Gasteiger partial charge in [0.05, 0.1) is 7.05 Å². The summed E-state index contributed by atoms with van der Waals surface area (Å²) < 4.78 is 27.0. The van der Waals surface area contributed by atoms with E-state index < -0.39 is 23.2 Å². The van der Waals surface area contributed by atoms with Crippen molar-refractivity contribution >= 4 is 23.4 Å². The van der Waals surface area contributed by atoms with E-state index >= 15 is 0 Å². The van der Waals surface area contributed by atoms with Crippen LogP contribution in [0.4, 0.5) is 14.5 Å². The first-order valence-electron chi connectivity index (χ1n) is 7.17. The average Bonchev–Trinajstić information content (AvgIpc) is 2.51. The Bertz CT molecular complexity index is 657. The molecule has 0 bridgehead atoms. The van der Waals surface area contributed by atoms with Crippen LogP contribution in [0.5, 0.6) is 0 Å². The van der Waals surface area contributed by atoms with Gasteiger partial charge in [-0.2, -0.15) is 0 Å². The summed E-state index contributed by atoms with van der Waals surface area (Å²) in [5.41, 5.74) is 0.708. The van der Waals surface area contributed by atoms with E-state index in [1.807, 2.05) is 37.6 Å². The van der Waals surface area contributed by atoms with E-state index in [2.05, 4.69) is 5.32 Å². The van der Waals surface area contributed by atoms with Crippen LogP contribution < -0.4 is 10.2 Å². The molecule has 0 radical (unpaired) electrons. The van der Waals surface area contributed by atoms with Crippen molar-refractivity contribution in [1.29, 1.82) is 0 Å². The van der Waals surface area contributed by atoms with Crippen LogP contribution in [-0.4, -0.2) is 25.8 Å². The lowest BCUT2D eigenvalue weighted by atomic mass is 10.2. The fourth-order valence-corrected chi connectivity index (χ4v) is 2.64. The molecule has 2 N–H and O–H groups in total. The molecule has 6 heteroatoms. The fraction of sp³-hybridized carbons (Fsp3) is 0.235. The Morgan fingerprint density at radius 3 is 2.30 bits per heavy atom. The number of rotatable bonds is 6. The van der Waals surface area contributed by atoms with Gasteiger partial charge in [0, 0.05) is 10.5 Å². The van der Waals surface area contributed by atoms with E-state index in [0.717, 1.165) is 22.6 Å². The normalized spacial score (nSPS) is 12.0. The molecule has 1 atom stereocenters. The number of hydrogen-bond donors (Lipinski definition) is 2. The van der Waals surface area contributed by atoms with Crippen molar-refractivity contribution in [2.45, 2.75) is 11.4 Å². The highest BCUT2D eigenvalue weighted by Gasteiger charge is 2.15. The van der Waals surface area contributed by atoms with E-state index in [1.54, 1.807) is 11.8 Å². The summed E-state index contributed by atoms with van der Waals surface area (Å²) in [6.07, 6.45) is 2.01. The number of carbonyl (C=O) groups excluding carboxylic acids is 1. The molecule has 1 amide bonds. The lowest BCUT2D eigenvalue weighted by Gasteiger charge is -2.14. The van der Waals surface area contributed by atoms with E-state index in [9.17, 15) is 13.6 Å². The monoisotopic (exact) mass is 337 g/mol. The van der Waals surface area contributed by atoms with Gasteiger partial charge in [-0.1, -0.05) is 18.2 Å². The van der Waals surface area contributed by atoms with E-state index in [0.29, 0.717) is 6.54 Å². The zero-order valence-electron chi connectivity index (χ0n) is 13.0. The number of amides is 1. The Balaban J connectivity index is 1.91. The van der Waals surface area contributed by atoms with Crippen LogP contribution in [-0.2, 0) is 11.3 Å². The van der Waals surface area contributed by atoms with Gasteiger partial charge >= 0.3 is 0 Å². The zero-order valence-corrected chi connectivity index (χ0v) is 13.8. The SMILES string of the molecule is CSc1ccc(C[NH+](C)CC(=O)Nc2c(F)cccc2F)cc1. The highest BCUT2D eigenvalue weighted by molar-refractivity contribution is 7.98. The number of quaternary nitrogens is 1. The van der Waals surface area contributed by atoms with Gasteiger partial charge in [-0.25, -0.2) is 8.78 Å². The maximum atomic E-state index is 13.5. The number of nitrogens with one attached hydrogen (secondary N) is 2. The van der Waals surface area contributed by atoms with Gasteiger partial charge in [-0.3, -0.25) is 4.79 Å². The van der Waals surface area contributed by atoms with Gasteiger partial charge in [0.15, 0.2) is 6.54 Å². The third-order valence-corrected chi connectivity index (χ3v) is 4.10. The summed E-state index contributed by atoms with van der Waals surface area (Å²) in [7, 11) is 1.86. The molecule has 0 fully saturated rings. The number of hydrogen-bond acceptors (Lipinski definition) is 2. The van der Waals surface area contributed by atoms with E-state index in [4.69, 9.17) is 0 Å². The van der Waals surface area contributed by atoms with Crippen molar-refractivity contribution in [3.63, 3.8) is 0 Å². The van der Waals surface area contributed by atoms with Crippen LogP contribution in [0.3, 0.4) is 0 Å². The third-order valence-electron chi connectivity index (χ3n) is 3.35. The summed E-state index contributed by atoms with van der Waals surface area (Å²) in [6, 6.07) is 11.6. The predicted molar refractivity (Wildman–Crippen MR) is 88.7 cm³/mol. The van der Waals surface area contributed by atoms with Crippen molar-refractivity contribution in [2.24, 2.45) is 0 Å². The van der Waals surface area contributed by atoms with Crippen LogP contribution in [0.2, 0.25) is 0 Å². The van der Waals surface area contributed by atoms with Gasteiger partial charge < -0.3 is 10.2 Å². The van der Waals surface area contributed by atoms with E-state index in [-0.39, 0.29) is 6.54 Å². The maximum Gasteiger partial charge on any atom is 0.279 e. The predicted octanol–water partition coefficient (Wildman–Crippen LogP) is 2.34. The molecule has 3 nitrogen and oxygen atoms in total. The average molecular weight is 337 g/mol.